The summed E-state index contributed by atoms with van der Waals surface area (Å²) >= 11 is 0. The van der Waals surface area contributed by atoms with E-state index < -0.39 is 183 Å². The van der Waals surface area contributed by atoms with Gasteiger partial charge in [-0.25, -0.2) is 4.79 Å². The van der Waals surface area contributed by atoms with Gasteiger partial charge in [-0.15, -0.1) is 0 Å². The molecule has 8 atom stereocenters. The zero-order chi connectivity index (χ0) is 54.1. The van der Waals surface area contributed by atoms with Crippen molar-refractivity contribution in [1.29, 1.82) is 0 Å². The van der Waals surface area contributed by atoms with Crippen molar-refractivity contribution in [1.82, 2.24) is 42.5 Å². The molecule has 0 saturated heterocycles. The topological polar surface area (TPSA) is 486 Å². The molecule has 71 heavy (non-hydrogen) atoms. The summed E-state index contributed by atoms with van der Waals surface area (Å²) in [7, 11) is 0. The summed E-state index contributed by atoms with van der Waals surface area (Å²) in [5.74, 6) is -13.4. The van der Waals surface area contributed by atoms with E-state index in [2.05, 4.69) is 42.5 Å². The first-order valence-corrected chi connectivity index (χ1v) is 22.4. The molecule has 11 amide bonds. The first-order valence-electron chi connectivity index (χ1n) is 22.4. The largest absolute Gasteiger partial charge is 0.508 e. The Morgan fingerprint density at radius 3 is 1.34 bits per heavy atom. The van der Waals surface area contributed by atoms with Gasteiger partial charge in [-0.05, 0) is 55.2 Å². The summed E-state index contributed by atoms with van der Waals surface area (Å²) in [4.78, 5) is 154. The third-order valence-electron chi connectivity index (χ3n) is 10.3. The zero-order valence-corrected chi connectivity index (χ0v) is 39.9. The molecule has 0 saturated carbocycles. The molecule has 1 aromatic rings. The van der Waals surface area contributed by atoms with Crippen molar-refractivity contribution < 1.29 is 78.0 Å². The van der Waals surface area contributed by atoms with Gasteiger partial charge in [0.05, 0.1) is 19.8 Å². The highest BCUT2D eigenvalue weighted by atomic mass is 16.4. The van der Waals surface area contributed by atoms with Gasteiger partial charge in [0.15, 0.2) is 0 Å². The number of nitrogens with two attached hydrogens (primary N) is 4. The summed E-state index contributed by atoms with van der Waals surface area (Å²) in [6.07, 6.45) is -3.35. The van der Waals surface area contributed by atoms with Crippen molar-refractivity contribution >= 4 is 70.9 Å². The Morgan fingerprint density at radius 1 is 0.521 bits per heavy atom. The number of aliphatic carboxylic acids is 1. The number of hydrogen-bond donors (Lipinski definition) is 16. The summed E-state index contributed by atoms with van der Waals surface area (Å²) in [6, 6.07) is -7.15. The van der Waals surface area contributed by atoms with Crippen molar-refractivity contribution in [2.24, 2.45) is 34.8 Å². The molecule has 28 nitrogen and oxygen atoms in total. The number of carbonyl (C=O) groups is 12. The SMILES string of the molecule is CC(C)C[C@H](NC(=O)[C@@H](N)CO)C(=O)NCC(=O)N[C@@H](CCC(N)=O)C(=O)N[C@@H](CCC(N)=O)C(=O)N[C@@H](CCC(N)=O)C(=O)N[C@@H](Cc1ccc(O)cc1)C(=O)N[C@@H](CO)C(=O)N[C@H](C(=O)O)C(C)C. The van der Waals surface area contributed by atoms with Crippen molar-refractivity contribution in [2.75, 3.05) is 19.8 Å². The standard InChI is InChI=1S/C43H68N12O16/c1-20(2)15-28(52-36(63)24(44)18-56)37(64)48-17-34(62)49-25(9-12-31(45)59)38(65)50-26(10-13-32(46)60)39(66)51-27(11-14-33(47)61)40(67)53-29(16-22-5-7-23(58)8-6-22)41(68)54-30(19-57)42(69)55-35(21(3)4)43(70)71/h5-8,20-21,24-30,35,56-58H,9-19,44H2,1-4H3,(H2,45,59)(H2,46,60)(H2,47,61)(H,48,64)(H,49,62)(H,50,65)(H,51,66)(H,52,63)(H,53,67)(H,54,68)(H,55,69)(H,70,71)/t24-,25-,26-,27-,28-,29-,30-,35-/m0/s1. The number of aliphatic hydroxyl groups is 2. The highest BCUT2D eigenvalue weighted by Crippen LogP contribution is 2.13. The van der Waals surface area contributed by atoms with E-state index in [-0.39, 0.29) is 24.5 Å². The van der Waals surface area contributed by atoms with Gasteiger partial charge in [-0.2, -0.15) is 0 Å². The molecular formula is C43H68N12O16. The van der Waals surface area contributed by atoms with Gasteiger partial charge >= 0.3 is 5.97 Å². The van der Waals surface area contributed by atoms with E-state index in [0.29, 0.717) is 5.56 Å². The lowest BCUT2D eigenvalue weighted by Gasteiger charge is -2.27. The van der Waals surface area contributed by atoms with Crippen LogP contribution >= 0.6 is 0 Å². The Hall–Kier alpha value is -7.46. The smallest absolute Gasteiger partial charge is 0.326 e. The van der Waals surface area contributed by atoms with E-state index in [9.17, 15) is 78.0 Å². The number of phenols is 1. The lowest BCUT2D eigenvalue weighted by Crippen LogP contribution is -2.60. The van der Waals surface area contributed by atoms with Crippen LogP contribution in [0.1, 0.15) is 78.2 Å². The third kappa shape index (κ3) is 23.6. The normalized spacial score (nSPS) is 14.4. The number of phenolic OH excluding ortho intramolecular Hbond substituents is 1. The van der Waals surface area contributed by atoms with E-state index in [4.69, 9.17) is 22.9 Å². The summed E-state index contributed by atoms with van der Waals surface area (Å²) in [5.41, 5.74) is 21.8. The maximum absolute atomic E-state index is 14.0. The van der Waals surface area contributed by atoms with Crippen molar-refractivity contribution in [3.63, 3.8) is 0 Å². The van der Waals surface area contributed by atoms with Crippen LogP contribution in [0.3, 0.4) is 0 Å². The van der Waals surface area contributed by atoms with E-state index in [1.165, 1.54) is 38.1 Å². The Kier molecular flexibility index (Phi) is 26.8. The highest BCUT2D eigenvalue weighted by molar-refractivity contribution is 5.98. The van der Waals surface area contributed by atoms with Gasteiger partial charge in [0.25, 0.3) is 0 Å². The van der Waals surface area contributed by atoms with Gasteiger partial charge in [0.2, 0.25) is 65.0 Å². The number of hydrogen-bond acceptors (Lipinski definition) is 16. The fourth-order valence-electron chi connectivity index (χ4n) is 6.39. The van der Waals surface area contributed by atoms with Crippen LogP contribution < -0.4 is 65.5 Å². The number of nitrogens with one attached hydrogen (secondary N) is 8. The second kappa shape index (κ2) is 30.9. The molecule has 0 unspecified atom stereocenters. The number of benzene rings is 1. The lowest BCUT2D eigenvalue weighted by molar-refractivity contribution is -0.144. The molecule has 28 heteroatoms. The predicted molar refractivity (Wildman–Crippen MR) is 248 cm³/mol. The molecule has 0 heterocycles. The number of carbonyl (C=O) groups excluding carboxylic acids is 11. The van der Waals surface area contributed by atoms with Crippen LogP contribution in [0.25, 0.3) is 0 Å². The number of amides is 11. The molecule has 0 fully saturated rings. The van der Waals surface area contributed by atoms with Gasteiger partial charge in [-0.1, -0.05) is 39.8 Å². The van der Waals surface area contributed by atoms with Crippen molar-refractivity contribution in [2.45, 2.75) is 127 Å². The van der Waals surface area contributed by atoms with Crippen LogP contribution in [0.5, 0.6) is 5.75 Å². The molecule has 0 spiro atoms. The Morgan fingerprint density at radius 2 is 0.930 bits per heavy atom. The molecule has 0 aromatic heterocycles. The first-order chi connectivity index (χ1) is 33.2. The van der Waals surface area contributed by atoms with E-state index >= 15 is 0 Å². The summed E-state index contributed by atoms with van der Waals surface area (Å²) in [6.45, 7) is 3.98. The monoisotopic (exact) mass is 1010 g/mol. The van der Waals surface area contributed by atoms with Crippen LogP contribution in [0.4, 0.5) is 0 Å². The minimum atomic E-state index is -1.74. The molecule has 0 aliphatic heterocycles. The van der Waals surface area contributed by atoms with Crippen molar-refractivity contribution in [3.8, 4) is 5.75 Å². The second-order valence-electron chi connectivity index (χ2n) is 17.2. The van der Waals surface area contributed by atoms with Gasteiger partial charge < -0.3 is 85.9 Å². The first kappa shape index (κ1) is 61.6. The average molecular weight is 1010 g/mol. The van der Waals surface area contributed by atoms with E-state index in [0.717, 1.165) is 0 Å². The van der Waals surface area contributed by atoms with Gasteiger partial charge in [0, 0.05) is 25.7 Å². The fraction of sp³-hybridized carbons (Fsp3) is 0.581. The molecule has 1 aromatic carbocycles. The number of carboxylic acids is 1. The summed E-state index contributed by atoms with van der Waals surface area (Å²) in [5, 5.41) is 57.1. The number of aromatic hydroxyl groups is 1. The van der Waals surface area contributed by atoms with Crippen LogP contribution in [0.15, 0.2) is 24.3 Å². The Labute approximate surface area is 408 Å². The number of aliphatic hydroxyl groups excluding tert-OH is 2. The minimum absolute atomic E-state index is 0.0954. The lowest BCUT2D eigenvalue weighted by atomic mass is 10.0. The number of carboxylic acid groups (broad SMARTS) is 1. The Balaban J connectivity index is 3.48. The molecule has 0 bridgehead atoms. The fourth-order valence-corrected chi connectivity index (χ4v) is 6.39. The minimum Gasteiger partial charge on any atom is -0.508 e. The highest BCUT2D eigenvalue weighted by Gasteiger charge is 2.35. The molecule has 0 aliphatic carbocycles. The van der Waals surface area contributed by atoms with Crippen LogP contribution in [0, 0.1) is 11.8 Å². The quantitative estimate of drug-likeness (QED) is 0.0311. The molecular weight excluding hydrogens is 941 g/mol. The summed E-state index contributed by atoms with van der Waals surface area (Å²) < 4.78 is 0. The van der Waals surface area contributed by atoms with Crippen LogP contribution in [-0.4, -0.2) is 159 Å². The van der Waals surface area contributed by atoms with Gasteiger partial charge in [0.1, 0.15) is 54.1 Å². The van der Waals surface area contributed by atoms with E-state index in [1.54, 1.807) is 13.8 Å². The molecule has 0 radical (unpaired) electrons. The van der Waals surface area contributed by atoms with Crippen LogP contribution in [0.2, 0.25) is 0 Å². The maximum atomic E-state index is 14.0. The number of rotatable bonds is 33. The third-order valence-corrected chi connectivity index (χ3v) is 10.3. The Bertz CT molecular complexity index is 2050. The molecule has 0 aliphatic rings. The molecule has 20 N–H and O–H groups in total. The number of primary amides is 3. The second-order valence-corrected chi connectivity index (χ2v) is 17.2. The average Bonchev–Trinajstić information content (AvgIpc) is 3.29. The van der Waals surface area contributed by atoms with Crippen molar-refractivity contribution in [3.05, 3.63) is 29.8 Å². The molecule has 1 rings (SSSR count). The predicted octanol–water partition coefficient (Wildman–Crippen LogP) is -6.66. The van der Waals surface area contributed by atoms with Crippen LogP contribution in [-0.2, 0) is 64.0 Å². The van der Waals surface area contributed by atoms with Gasteiger partial charge in [-0.3, -0.25) is 52.7 Å². The van der Waals surface area contributed by atoms with E-state index in [1.807, 2.05) is 0 Å². The zero-order valence-electron chi connectivity index (χ0n) is 39.9. The molecule has 396 valence electrons. The maximum Gasteiger partial charge on any atom is 0.326 e.